The minimum Gasteiger partial charge on any atom is -0.608 e. The lowest BCUT2D eigenvalue weighted by atomic mass is 10.0. The SMILES string of the molecule is C=C(C)CC1C[NH+]([O-])N(C)C1=O. The number of nitrogens with zero attached hydrogens (tertiary/aromatic N) is 1. The maximum atomic E-state index is 11.3. The van der Waals surface area contributed by atoms with Crippen LogP contribution in [0.15, 0.2) is 12.2 Å². The van der Waals surface area contributed by atoms with E-state index in [9.17, 15) is 10.0 Å². The van der Waals surface area contributed by atoms with E-state index in [1.54, 1.807) is 0 Å². The highest BCUT2D eigenvalue weighted by Crippen LogP contribution is 2.12. The maximum Gasteiger partial charge on any atom is 0.276 e. The monoisotopic (exact) mass is 170 g/mol. The van der Waals surface area contributed by atoms with Crippen LogP contribution in [0.2, 0.25) is 0 Å². The number of allylic oxidation sites excluding steroid dienone is 1. The normalized spacial score (nSPS) is 29.6. The third-order valence-corrected chi connectivity index (χ3v) is 2.07. The first-order chi connectivity index (χ1) is 5.52. The summed E-state index contributed by atoms with van der Waals surface area (Å²) < 4.78 is 0. The maximum absolute atomic E-state index is 11.3. The molecule has 1 aliphatic rings. The molecule has 1 rings (SSSR count). The second kappa shape index (κ2) is 3.25. The summed E-state index contributed by atoms with van der Waals surface area (Å²) in [6, 6.07) is 0. The van der Waals surface area contributed by atoms with E-state index >= 15 is 0 Å². The van der Waals surface area contributed by atoms with E-state index in [0.717, 1.165) is 5.57 Å². The van der Waals surface area contributed by atoms with Gasteiger partial charge in [-0.15, -0.1) is 6.58 Å². The van der Waals surface area contributed by atoms with Crippen molar-refractivity contribution in [2.45, 2.75) is 13.3 Å². The molecule has 0 radical (unpaired) electrons. The van der Waals surface area contributed by atoms with Crippen molar-refractivity contribution in [3.8, 4) is 0 Å². The number of quaternary nitrogens is 1. The zero-order valence-corrected chi connectivity index (χ0v) is 7.46. The summed E-state index contributed by atoms with van der Waals surface area (Å²) in [7, 11) is 1.53. The molecule has 0 aromatic rings. The van der Waals surface area contributed by atoms with Gasteiger partial charge in [-0.2, -0.15) is 5.01 Å². The predicted octanol–water partition coefficient (Wildman–Crippen LogP) is -0.661. The Morgan fingerprint density at radius 2 is 2.50 bits per heavy atom. The molecule has 0 aliphatic carbocycles. The van der Waals surface area contributed by atoms with Crippen molar-refractivity contribution >= 4 is 5.91 Å². The number of hydroxylamine groups is 1. The quantitative estimate of drug-likeness (QED) is 0.441. The number of carbonyl (C=O) groups excluding carboxylic acids is 1. The number of nitrogens with one attached hydrogen (secondary N) is 1. The predicted molar refractivity (Wildman–Crippen MR) is 44.9 cm³/mol. The largest absolute Gasteiger partial charge is 0.608 e. The standard InChI is InChI=1S/C8H14N2O2/c1-6(2)4-7-5-10(12)9(3)8(7)11/h7,10H,1,4-5H2,2-3H3. The number of amides is 1. The van der Waals surface area contributed by atoms with Gasteiger partial charge in [0.25, 0.3) is 5.91 Å². The van der Waals surface area contributed by atoms with Gasteiger partial charge >= 0.3 is 0 Å². The van der Waals surface area contributed by atoms with Crippen molar-refractivity contribution in [3.63, 3.8) is 0 Å². The minimum atomic E-state index is -0.153. The number of hydrogen-bond donors (Lipinski definition) is 1. The Morgan fingerprint density at radius 1 is 1.92 bits per heavy atom. The third-order valence-electron chi connectivity index (χ3n) is 2.07. The van der Waals surface area contributed by atoms with Gasteiger partial charge in [0.15, 0.2) is 0 Å². The fourth-order valence-corrected chi connectivity index (χ4v) is 1.41. The number of carbonyl (C=O) groups is 1. The summed E-state index contributed by atoms with van der Waals surface area (Å²) in [6.45, 7) is 5.94. The fourth-order valence-electron chi connectivity index (χ4n) is 1.41. The van der Waals surface area contributed by atoms with Gasteiger partial charge in [-0.05, 0) is 13.3 Å². The van der Waals surface area contributed by atoms with Gasteiger partial charge in [0, 0.05) is 0 Å². The van der Waals surface area contributed by atoms with E-state index in [1.807, 2.05) is 6.92 Å². The molecule has 1 saturated heterocycles. The van der Waals surface area contributed by atoms with Gasteiger partial charge in [0.2, 0.25) is 0 Å². The van der Waals surface area contributed by atoms with E-state index < -0.39 is 0 Å². The van der Waals surface area contributed by atoms with Crippen molar-refractivity contribution in [1.82, 2.24) is 5.01 Å². The number of hydrogen-bond acceptors (Lipinski definition) is 2. The zero-order chi connectivity index (χ0) is 9.30. The Labute approximate surface area is 72.0 Å². The molecular formula is C8H14N2O2. The topological polar surface area (TPSA) is 47.8 Å². The van der Waals surface area contributed by atoms with Crippen LogP contribution in [0.25, 0.3) is 0 Å². The van der Waals surface area contributed by atoms with Crippen molar-refractivity contribution in [3.05, 3.63) is 17.4 Å². The van der Waals surface area contributed by atoms with Gasteiger partial charge in [0.1, 0.15) is 6.54 Å². The van der Waals surface area contributed by atoms with E-state index in [-0.39, 0.29) is 17.0 Å². The Hall–Kier alpha value is -0.870. The molecule has 0 saturated carbocycles. The van der Waals surface area contributed by atoms with Crippen LogP contribution in [-0.4, -0.2) is 24.5 Å². The lowest BCUT2D eigenvalue weighted by Crippen LogP contribution is -3.11. The Morgan fingerprint density at radius 3 is 2.83 bits per heavy atom. The van der Waals surface area contributed by atoms with Crippen LogP contribution < -0.4 is 5.17 Å². The molecule has 2 atom stereocenters. The van der Waals surface area contributed by atoms with Crippen LogP contribution in [0.5, 0.6) is 0 Å². The fraction of sp³-hybridized carbons (Fsp3) is 0.625. The molecule has 1 fully saturated rings. The lowest BCUT2D eigenvalue weighted by molar-refractivity contribution is -0.945. The van der Waals surface area contributed by atoms with E-state index in [4.69, 9.17) is 0 Å². The first kappa shape index (κ1) is 9.22. The zero-order valence-electron chi connectivity index (χ0n) is 7.46. The minimum absolute atomic E-state index is 0.0667. The van der Waals surface area contributed by atoms with Crippen LogP contribution in [0.1, 0.15) is 13.3 Å². The Bertz CT molecular complexity index is 215. The Balaban J connectivity index is 2.59. The van der Waals surface area contributed by atoms with Crippen LogP contribution in [0, 0.1) is 11.1 Å². The second-order valence-corrected chi connectivity index (χ2v) is 3.35. The number of rotatable bonds is 2. The average molecular weight is 170 g/mol. The van der Waals surface area contributed by atoms with Crippen LogP contribution in [0.3, 0.4) is 0 Å². The van der Waals surface area contributed by atoms with Crippen molar-refractivity contribution in [2.75, 3.05) is 13.6 Å². The van der Waals surface area contributed by atoms with Gasteiger partial charge in [0.05, 0.1) is 13.0 Å². The molecule has 0 bridgehead atoms. The highest BCUT2D eigenvalue weighted by Gasteiger charge is 2.35. The van der Waals surface area contributed by atoms with Gasteiger partial charge in [-0.25, -0.2) is 0 Å². The summed E-state index contributed by atoms with van der Waals surface area (Å²) in [6.07, 6.45) is 0.634. The van der Waals surface area contributed by atoms with Gasteiger partial charge in [-0.3, -0.25) is 9.97 Å². The highest BCUT2D eigenvalue weighted by atomic mass is 16.6. The summed E-state index contributed by atoms with van der Waals surface area (Å²) in [5.74, 6) is -0.219. The molecule has 68 valence electrons. The van der Waals surface area contributed by atoms with Crippen LogP contribution >= 0.6 is 0 Å². The van der Waals surface area contributed by atoms with E-state index in [1.165, 1.54) is 12.1 Å². The first-order valence-electron chi connectivity index (χ1n) is 3.97. The molecule has 0 aromatic carbocycles. The van der Waals surface area contributed by atoms with Crippen molar-refractivity contribution in [2.24, 2.45) is 5.92 Å². The summed E-state index contributed by atoms with van der Waals surface area (Å²) in [5, 5.41) is 12.2. The smallest absolute Gasteiger partial charge is 0.276 e. The second-order valence-electron chi connectivity index (χ2n) is 3.35. The molecule has 0 spiro atoms. The molecule has 1 aliphatic heterocycles. The molecule has 1 N–H and O–H groups in total. The summed E-state index contributed by atoms with van der Waals surface area (Å²) in [5.41, 5.74) is 0.955. The summed E-state index contributed by atoms with van der Waals surface area (Å²) in [4.78, 5) is 11.3. The van der Waals surface area contributed by atoms with Crippen molar-refractivity contribution < 1.29 is 9.97 Å². The highest BCUT2D eigenvalue weighted by molar-refractivity contribution is 5.78. The van der Waals surface area contributed by atoms with E-state index in [0.29, 0.717) is 13.0 Å². The average Bonchev–Trinajstić information content (AvgIpc) is 2.17. The molecule has 0 aromatic heterocycles. The summed E-state index contributed by atoms with van der Waals surface area (Å²) >= 11 is 0. The van der Waals surface area contributed by atoms with Gasteiger partial charge in [-0.1, -0.05) is 5.57 Å². The van der Waals surface area contributed by atoms with Crippen LogP contribution in [-0.2, 0) is 4.79 Å². The molecule has 1 heterocycles. The first-order valence-corrected chi connectivity index (χ1v) is 3.97. The molecular weight excluding hydrogens is 156 g/mol. The molecule has 2 unspecified atom stereocenters. The lowest BCUT2D eigenvalue weighted by Gasteiger charge is -2.21. The molecule has 4 nitrogen and oxygen atoms in total. The van der Waals surface area contributed by atoms with E-state index in [2.05, 4.69) is 6.58 Å². The molecule has 1 amide bonds. The van der Waals surface area contributed by atoms with Crippen LogP contribution in [0.4, 0.5) is 0 Å². The third kappa shape index (κ3) is 1.65. The molecule has 12 heavy (non-hydrogen) atoms. The van der Waals surface area contributed by atoms with Gasteiger partial charge < -0.3 is 5.21 Å². The molecule has 4 heteroatoms. The Kier molecular flexibility index (Phi) is 2.49. The van der Waals surface area contributed by atoms with Crippen molar-refractivity contribution in [1.29, 1.82) is 0 Å².